The molecule has 2 heterocycles. The predicted octanol–water partition coefficient (Wildman–Crippen LogP) is 4.30. The standard InChI is InChI=1S/C27H26F2N6O/c1-35-17-22(16-34-35)21-12-26(27(36)33-15-21)32-9-7-25(20-10-23(28)13-24(29)11-20)31-8-6-18-2-4-19(14-30)5-3-18/h2-5,10-13,15-17,25,31-32H,6-9H2,1H3,(H,33,36). The molecule has 0 fully saturated rings. The number of nitrogens with zero attached hydrogens (tertiary/aromatic N) is 3. The second-order valence-corrected chi connectivity index (χ2v) is 8.52. The lowest BCUT2D eigenvalue weighted by molar-refractivity contribution is 0.502. The summed E-state index contributed by atoms with van der Waals surface area (Å²) < 4.78 is 29.5. The molecule has 9 heteroatoms. The molecule has 0 aliphatic heterocycles. The second kappa shape index (κ2) is 11.4. The van der Waals surface area contributed by atoms with Gasteiger partial charge in [-0.15, -0.1) is 0 Å². The molecule has 4 rings (SSSR count). The molecule has 2 aromatic carbocycles. The zero-order valence-corrected chi connectivity index (χ0v) is 19.8. The maximum absolute atomic E-state index is 13.9. The first kappa shape index (κ1) is 24.8. The molecule has 7 nitrogen and oxygen atoms in total. The topological polar surface area (TPSA) is 98.5 Å². The third-order valence-electron chi connectivity index (χ3n) is 5.86. The van der Waals surface area contributed by atoms with Crippen LogP contribution in [-0.2, 0) is 13.5 Å². The minimum absolute atomic E-state index is 0.259. The molecule has 3 N–H and O–H groups in total. The van der Waals surface area contributed by atoms with Crippen LogP contribution in [-0.4, -0.2) is 27.9 Å². The summed E-state index contributed by atoms with van der Waals surface area (Å²) in [6.45, 7) is 0.956. The first-order chi connectivity index (χ1) is 17.4. The Morgan fingerprint density at radius 3 is 2.50 bits per heavy atom. The van der Waals surface area contributed by atoms with E-state index in [0.29, 0.717) is 42.7 Å². The van der Waals surface area contributed by atoms with Crippen molar-refractivity contribution >= 4 is 5.69 Å². The molecule has 0 radical (unpaired) electrons. The van der Waals surface area contributed by atoms with Crippen LogP contribution >= 0.6 is 0 Å². The van der Waals surface area contributed by atoms with Crippen LogP contribution in [0.5, 0.6) is 0 Å². The first-order valence-corrected chi connectivity index (χ1v) is 11.6. The van der Waals surface area contributed by atoms with Gasteiger partial charge in [-0.2, -0.15) is 10.4 Å². The van der Waals surface area contributed by atoms with E-state index in [-0.39, 0.29) is 11.6 Å². The number of hydrogen-bond acceptors (Lipinski definition) is 5. The van der Waals surface area contributed by atoms with Gasteiger partial charge in [0.25, 0.3) is 5.56 Å². The van der Waals surface area contributed by atoms with Gasteiger partial charge in [0.2, 0.25) is 0 Å². The van der Waals surface area contributed by atoms with Gasteiger partial charge in [-0.1, -0.05) is 12.1 Å². The Morgan fingerprint density at radius 1 is 1.08 bits per heavy atom. The number of aromatic amines is 1. The lowest BCUT2D eigenvalue weighted by Gasteiger charge is -2.20. The maximum atomic E-state index is 13.9. The highest BCUT2D eigenvalue weighted by Crippen LogP contribution is 2.22. The van der Waals surface area contributed by atoms with Gasteiger partial charge in [0.1, 0.15) is 17.3 Å². The summed E-state index contributed by atoms with van der Waals surface area (Å²) in [5.74, 6) is -1.28. The minimum Gasteiger partial charge on any atom is -0.381 e. The van der Waals surface area contributed by atoms with Crippen molar-refractivity contribution < 1.29 is 8.78 Å². The molecule has 0 saturated heterocycles. The number of pyridine rings is 1. The highest BCUT2D eigenvalue weighted by atomic mass is 19.1. The van der Waals surface area contributed by atoms with Gasteiger partial charge in [-0.3, -0.25) is 9.48 Å². The number of benzene rings is 2. The van der Waals surface area contributed by atoms with Crippen LogP contribution in [0.1, 0.15) is 29.2 Å². The van der Waals surface area contributed by atoms with Crippen LogP contribution in [0.4, 0.5) is 14.5 Å². The van der Waals surface area contributed by atoms with E-state index in [0.717, 1.165) is 22.8 Å². The summed E-state index contributed by atoms with van der Waals surface area (Å²) in [5, 5.41) is 19.6. The van der Waals surface area contributed by atoms with Crippen molar-refractivity contribution in [1.29, 1.82) is 5.26 Å². The van der Waals surface area contributed by atoms with Crippen molar-refractivity contribution in [2.45, 2.75) is 18.9 Å². The van der Waals surface area contributed by atoms with Gasteiger partial charge in [-0.05, 0) is 60.8 Å². The Balaban J connectivity index is 1.43. The molecular formula is C27H26F2N6O. The summed E-state index contributed by atoms with van der Waals surface area (Å²) in [7, 11) is 1.82. The van der Waals surface area contributed by atoms with Crippen molar-refractivity contribution in [3.8, 4) is 17.2 Å². The Kier molecular flexibility index (Phi) is 7.88. The largest absolute Gasteiger partial charge is 0.381 e. The van der Waals surface area contributed by atoms with E-state index >= 15 is 0 Å². The van der Waals surface area contributed by atoms with Gasteiger partial charge < -0.3 is 15.6 Å². The van der Waals surface area contributed by atoms with Crippen molar-refractivity contribution in [3.63, 3.8) is 0 Å². The van der Waals surface area contributed by atoms with Gasteiger partial charge in [0.05, 0.1) is 17.8 Å². The Labute approximate surface area is 207 Å². The van der Waals surface area contributed by atoms with Gasteiger partial charge in [0, 0.05) is 49.2 Å². The van der Waals surface area contributed by atoms with E-state index in [4.69, 9.17) is 5.26 Å². The Hall–Kier alpha value is -4.29. The minimum atomic E-state index is -0.641. The summed E-state index contributed by atoms with van der Waals surface area (Å²) >= 11 is 0. The summed E-state index contributed by atoms with van der Waals surface area (Å²) in [4.78, 5) is 15.1. The number of hydrogen-bond donors (Lipinski definition) is 3. The number of aromatic nitrogens is 3. The molecule has 0 bridgehead atoms. The Morgan fingerprint density at radius 2 is 1.83 bits per heavy atom. The van der Waals surface area contributed by atoms with E-state index < -0.39 is 11.6 Å². The molecule has 0 saturated carbocycles. The highest BCUT2D eigenvalue weighted by molar-refractivity contribution is 5.65. The number of halogens is 2. The third kappa shape index (κ3) is 6.43. The fourth-order valence-electron chi connectivity index (χ4n) is 4.00. The van der Waals surface area contributed by atoms with E-state index in [9.17, 15) is 13.6 Å². The lowest BCUT2D eigenvalue weighted by atomic mass is 10.0. The molecule has 184 valence electrons. The van der Waals surface area contributed by atoms with Crippen LogP contribution < -0.4 is 16.2 Å². The van der Waals surface area contributed by atoms with E-state index in [2.05, 4.69) is 26.8 Å². The average Bonchev–Trinajstić information content (AvgIpc) is 3.30. The summed E-state index contributed by atoms with van der Waals surface area (Å²) in [5.41, 5.74) is 3.95. The monoisotopic (exact) mass is 488 g/mol. The van der Waals surface area contributed by atoms with Gasteiger partial charge in [0.15, 0.2) is 0 Å². The number of aryl methyl sites for hydroxylation is 1. The van der Waals surface area contributed by atoms with Crippen LogP contribution in [0, 0.1) is 23.0 Å². The normalized spacial score (nSPS) is 11.7. The Bertz CT molecular complexity index is 1400. The van der Waals surface area contributed by atoms with Crippen molar-refractivity contribution in [2.75, 3.05) is 18.4 Å². The van der Waals surface area contributed by atoms with Crippen LogP contribution in [0.3, 0.4) is 0 Å². The molecule has 0 aliphatic rings. The number of nitriles is 1. The summed E-state index contributed by atoms with van der Waals surface area (Å²) in [6, 6.07) is 14.3. The average molecular weight is 489 g/mol. The molecule has 0 spiro atoms. The molecular weight excluding hydrogens is 462 g/mol. The SMILES string of the molecule is Cn1cc(-c2c[nH]c(=O)c(NCCC(NCCc3ccc(C#N)cc3)c3cc(F)cc(F)c3)c2)cn1. The van der Waals surface area contributed by atoms with Crippen LogP contribution in [0.25, 0.3) is 11.1 Å². The van der Waals surface area contributed by atoms with E-state index in [1.54, 1.807) is 35.3 Å². The highest BCUT2D eigenvalue weighted by Gasteiger charge is 2.14. The smallest absolute Gasteiger partial charge is 0.271 e. The quantitative estimate of drug-likeness (QED) is 0.309. The third-order valence-corrected chi connectivity index (χ3v) is 5.86. The number of rotatable bonds is 10. The van der Waals surface area contributed by atoms with E-state index in [1.807, 2.05) is 25.4 Å². The lowest BCUT2D eigenvalue weighted by Crippen LogP contribution is -2.26. The van der Waals surface area contributed by atoms with Crippen LogP contribution in [0.15, 0.2) is 71.9 Å². The van der Waals surface area contributed by atoms with Crippen LogP contribution in [0.2, 0.25) is 0 Å². The van der Waals surface area contributed by atoms with E-state index in [1.165, 1.54) is 12.1 Å². The summed E-state index contributed by atoms with van der Waals surface area (Å²) in [6.07, 6.45) is 6.36. The molecule has 36 heavy (non-hydrogen) atoms. The maximum Gasteiger partial charge on any atom is 0.271 e. The first-order valence-electron chi connectivity index (χ1n) is 11.6. The number of nitrogens with one attached hydrogen (secondary N) is 3. The molecule has 1 unspecified atom stereocenters. The second-order valence-electron chi connectivity index (χ2n) is 8.52. The molecule has 0 aliphatic carbocycles. The van der Waals surface area contributed by atoms with Crippen molar-refractivity contribution in [3.05, 3.63) is 106 Å². The molecule has 4 aromatic rings. The number of H-pyrrole nitrogens is 1. The predicted molar refractivity (Wildman–Crippen MR) is 134 cm³/mol. The fraction of sp³-hybridized carbons (Fsp3) is 0.222. The molecule has 1 atom stereocenters. The van der Waals surface area contributed by atoms with Gasteiger partial charge >= 0.3 is 0 Å². The van der Waals surface area contributed by atoms with Crippen molar-refractivity contribution in [2.24, 2.45) is 7.05 Å². The zero-order valence-electron chi connectivity index (χ0n) is 19.8. The molecule has 2 aromatic heterocycles. The number of anilines is 1. The fourth-order valence-corrected chi connectivity index (χ4v) is 4.00. The van der Waals surface area contributed by atoms with Crippen molar-refractivity contribution in [1.82, 2.24) is 20.1 Å². The van der Waals surface area contributed by atoms with Gasteiger partial charge in [-0.25, -0.2) is 8.78 Å². The molecule has 0 amide bonds. The zero-order chi connectivity index (χ0) is 25.5.